The Labute approximate surface area is 221 Å². The first-order valence-corrected chi connectivity index (χ1v) is 11.8. The number of halogens is 4. The van der Waals surface area contributed by atoms with Gasteiger partial charge in [0.05, 0.1) is 12.1 Å². The standard InChI is InChI=1S/C24H24F4N10O/c1-15(14-29)12-18(25)13-16(2)19-4-7-31-38(19)23(39)36-10-8-35(9-11-36)22-30-6-5-20(33-22)37-17(3)32-21(34-37)24(26,27)28/h5-7,12-13,19H,2,4,8-11H2,1,3H3/b15-12+,18-13+/t19-/m0/s1. The molecule has 0 radical (unpaired) electrons. The number of nitrogens with zero attached hydrogens (tertiary/aromatic N) is 10. The van der Waals surface area contributed by atoms with Gasteiger partial charge < -0.3 is 9.80 Å². The number of alkyl halides is 3. The van der Waals surface area contributed by atoms with E-state index < -0.39 is 23.9 Å². The quantitative estimate of drug-likeness (QED) is 0.321. The monoisotopic (exact) mass is 544 g/mol. The van der Waals surface area contributed by atoms with Gasteiger partial charge in [-0.1, -0.05) is 6.58 Å². The zero-order valence-corrected chi connectivity index (χ0v) is 21.1. The first-order chi connectivity index (χ1) is 18.5. The summed E-state index contributed by atoms with van der Waals surface area (Å²) in [5, 5.41) is 17.7. The highest BCUT2D eigenvalue weighted by molar-refractivity contribution is 5.79. The highest BCUT2D eigenvalue weighted by atomic mass is 19.4. The van der Waals surface area contributed by atoms with Crippen molar-refractivity contribution in [3.8, 4) is 11.9 Å². The van der Waals surface area contributed by atoms with Crippen molar-refractivity contribution in [1.29, 1.82) is 5.26 Å². The molecule has 39 heavy (non-hydrogen) atoms. The van der Waals surface area contributed by atoms with Gasteiger partial charge in [-0.3, -0.25) is 0 Å². The Kier molecular flexibility index (Phi) is 7.75. The van der Waals surface area contributed by atoms with Gasteiger partial charge in [0.1, 0.15) is 11.7 Å². The van der Waals surface area contributed by atoms with Crippen LogP contribution in [0.1, 0.15) is 25.0 Å². The number of aryl methyl sites for hydroxylation is 1. The molecule has 11 nitrogen and oxygen atoms in total. The Hall–Kier alpha value is -4.61. The Balaban J connectivity index is 1.41. The first-order valence-electron chi connectivity index (χ1n) is 11.8. The fraction of sp³-hybridized carbons (Fsp3) is 0.375. The average molecular weight is 545 g/mol. The van der Waals surface area contributed by atoms with E-state index in [2.05, 4.69) is 31.7 Å². The van der Waals surface area contributed by atoms with E-state index >= 15 is 0 Å². The van der Waals surface area contributed by atoms with Crippen molar-refractivity contribution < 1.29 is 22.4 Å². The van der Waals surface area contributed by atoms with Crippen LogP contribution in [0.4, 0.5) is 28.3 Å². The predicted octanol–water partition coefficient (Wildman–Crippen LogP) is 3.57. The van der Waals surface area contributed by atoms with Gasteiger partial charge >= 0.3 is 12.2 Å². The zero-order valence-electron chi connectivity index (χ0n) is 21.1. The van der Waals surface area contributed by atoms with Crippen LogP contribution >= 0.6 is 0 Å². The van der Waals surface area contributed by atoms with Gasteiger partial charge in [-0.05, 0) is 31.6 Å². The molecule has 1 saturated heterocycles. The molecule has 1 fully saturated rings. The molecule has 1 atom stereocenters. The summed E-state index contributed by atoms with van der Waals surface area (Å²) in [5.74, 6) is -1.48. The van der Waals surface area contributed by atoms with E-state index in [4.69, 9.17) is 5.26 Å². The summed E-state index contributed by atoms with van der Waals surface area (Å²) in [6, 6.07) is 2.33. The first kappa shape index (κ1) is 27.4. The summed E-state index contributed by atoms with van der Waals surface area (Å²) in [6.45, 7) is 8.05. The molecule has 0 spiro atoms. The number of hydrazone groups is 1. The third-order valence-corrected chi connectivity index (χ3v) is 6.01. The number of allylic oxidation sites excluding steroid dienone is 3. The molecule has 204 valence electrons. The van der Waals surface area contributed by atoms with Gasteiger partial charge in [-0.15, -0.1) is 5.10 Å². The van der Waals surface area contributed by atoms with E-state index in [1.807, 2.05) is 6.07 Å². The van der Waals surface area contributed by atoms with Crippen molar-refractivity contribution in [2.75, 3.05) is 31.1 Å². The summed E-state index contributed by atoms with van der Waals surface area (Å²) < 4.78 is 54.2. The van der Waals surface area contributed by atoms with Crippen molar-refractivity contribution in [2.24, 2.45) is 5.10 Å². The van der Waals surface area contributed by atoms with Crippen LogP contribution < -0.4 is 4.90 Å². The van der Waals surface area contributed by atoms with Crippen LogP contribution in [0.3, 0.4) is 0 Å². The number of anilines is 1. The number of amides is 2. The molecule has 4 rings (SSSR count). The van der Waals surface area contributed by atoms with Crippen LogP contribution in [0.2, 0.25) is 0 Å². The van der Waals surface area contributed by atoms with Crippen LogP contribution in [0.5, 0.6) is 0 Å². The smallest absolute Gasteiger partial charge is 0.337 e. The topological polar surface area (TPSA) is 119 Å². The molecule has 2 aliphatic rings. The van der Waals surface area contributed by atoms with Gasteiger partial charge in [-0.25, -0.2) is 24.2 Å². The summed E-state index contributed by atoms with van der Waals surface area (Å²) in [6.07, 6.45) is 0.922. The Morgan fingerprint density at radius 2 is 1.92 bits per heavy atom. The largest absolute Gasteiger partial charge is 0.453 e. The summed E-state index contributed by atoms with van der Waals surface area (Å²) in [4.78, 5) is 28.6. The number of rotatable bonds is 5. The lowest BCUT2D eigenvalue weighted by molar-refractivity contribution is -0.144. The molecular weight excluding hydrogens is 520 g/mol. The van der Waals surface area contributed by atoms with Gasteiger partial charge in [0, 0.05) is 56.7 Å². The number of urea groups is 1. The van der Waals surface area contributed by atoms with Crippen molar-refractivity contribution in [3.63, 3.8) is 0 Å². The maximum absolute atomic E-state index is 14.2. The lowest BCUT2D eigenvalue weighted by Crippen LogP contribution is -2.53. The normalized spacial score (nSPS) is 18.5. The molecule has 4 heterocycles. The van der Waals surface area contributed by atoms with E-state index in [0.717, 1.165) is 10.8 Å². The second-order valence-electron chi connectivity index (χ2n) is 8.80. The fourth-order valence-electron chi connectivity index (χ4n) is 4.04. The molecule has 2 aliphatic heterocycles. The second kappa shape index (κ2) is 11.0. The maximum Gasteiger partial charge on any atom is 0.453 e. The number of hydrogen-bond acceptors (Lipinski definition) is 8. The van der Waals surface area contributed by atoms with E-state index in [9.17, 15) is 22.4 Å². The highest BCUT2D eigenvalue weighted by Gasteiger charge is 2.37. The van der Waals surface area contributed by atoms with Crippen LogP contribution in [-0.2, 0) is 6.18 Å². The van der Waals surface area contributed by atoms with E-state index in [1.165, 1.54) is 37.2 Å². The maximum atomic E-state index is 14.2. The fourth-order valence-corrected chi connectivity index (χ4v) is 4.04. The summed E-state index contributed by atoms with van der Waals surface area (Å²) in [7, 11) is 0. The number of carbonyl (C=O) groups is 1. The minimum absolute atomic E-state index is 0.0237. The van der Waals surface area contributed by atoms with Crippen LogP contribution in [0.25, 0.3) is 5.82 Å². The Bertz CT molecular complexity index is 1400. The van der Waals surface area contributed by atoms with Crippen molar-refractivity contribution >= 4 is 18.2 Å². The number of aromatic nitrogens is 5. The minimum Gasteiger partial charge on any atom is -0.337 e. The van der Waals surface area contributed by atoms with Crippen LogP contribution in [0, 0.1) is 18.3 Å². The van der Waals surface area contributed by atoms with Crippen molar-refractivity contribution in [2.45, 2.75) is 32.5 Å². The molecule has 2 amide bonds. The number of nitriles is 1. The lowest BCUT2D eigenvalue weighted by Gasteiger charge is -2.37. The highest BCUT2D eigenvalue weighted by Crippen LogP contribution is 2.27. The predicted molar refractivity (Wildman–Crippen MR) is 132 cm³/mol. The van der Waals surface area contributed by atoms with Gasteiger partial charge in [0.15, 0.2) is 5.82 Å². The SMILES string of the molecule is C=C(/C=C(F)\C=C(/C)C#N)[C@@H]1CC=NN1C(=O)N1CCN(c2nccc(-n3nc(C(F)(F)F)nc3C)n2)CC1. The minimum atomic E-state index is -4.68. The molecular formula is C24H24F4N10O. The molecule has 15 heteroatoms. The van der Waals surface area contributed by atoms with Crippen LogP contribution in [0.15, 0.2) is 53.1 Å². The third kappa shape index (κ3) is 6.11. The van der Waals surface area contributed by atoms with Crippen LogP contribution in [-0.4, -0.2) is 79.1 Å². The van der Waals surface area contributed by atoms with Gasteiger partial charge in [0.25, 0.3) is 5.82 Å². The molecule has 0 saturated carbocycles. The van der Waals surface area contributed by atoms with E-state index in [1.54, 1.807) is 16.0 Å². The summed E-state index contributed by atoms with van der Waals surface area (Å²) in [5.41, 5.74) is 0.531. The number of carbonyl (C=O) groups excluding carboxylic acids is 1. The molecule has 0 unspecified atom stereocenters. The van der Waals surface area contributed by atoms with Gasteiger partial charge in [-0.2, -0.15) is 33.2 Å². The molecule has 0 aliphatic carbocycles. The van der Waals surface area contributed by atoms with Gasteiger partial charge in [0.2, 0.25) is 5.95 Å². The molecule has 2 aromatic rings. The molecule has 0 bridgehead atoms. The molecule has 2 aromatic heterocycles. The molecule has 0 N–H and O–H groups in total. The molecule has 0 aromatic carbocycles. The average Bonchev–Trinajstić information content (AvgIpc) is 3.55. The van der Waals surface area contributed by atoms with Crippen molar-refractivity contribution in [3.05, 3.63) is 59.6 Å². The Morgan fingerprint density at radius 3 is 2.56 bits per heavy atom. The zero-order chi connectivity index (χ0) is 28.3. The van der Waals surface area contributed by atoms with E-state index in [-0.39, 0.29) is 29.2 Å². The van der Waals surface area contributed by atoms with Crippen molar-refractivity contribution in [1.82, 2.24) is 34.6 Å². The third-order valence-electron chi connectivity index (χ3n) is 6.01. The second-order valence-corrected chi connectivity index (χ2v) is 8.80. The Morgan fingerprint density at radius 1 is 1.21 bits per heavy atom. The number of hydrogen-bond donors (Lipinski definition) is 0. The van der Waals surface area contributed by atoms with E-state index in [0.29, 0.717) is 38.2 Å². The number of piperazine rings is 1. The summed E-state index contributed by atoms with van der Waals surface area (Å²) >= 11 is 0. The lowest BCUT2D eigenvalue weighted by atomic mass is 10.1.